The second-order valence-electron chi connectivity index (χ2n) is 7.26. The second-order valence-corrected chi connectivity index (χ2v) is 7.26. The Labute approximate surface area is 166 Å². The molecule has 1 amide bonds. The quantitative estimate of drug-likeness (QED) is 0.556. The highest BCUT2D eigenvalue weighted by Gasteiger charge is 2.51. The van der Waals surface area contributed by atoms with Crippen LogP contribution in [0.1, 0.15) is 40.0 Å². The first-order valence-corrected chi connectivity index (χ1v) is 9.35. The molecule has 1 aliphatic rings. The number of benzene rings is 3. The summed E-state index contributed by atoms with van der Waals surface area (Å²) in [5.74, 6) is -0.689. The first-order valence-electron chi connectivity index (χ1n) is 9.35. The van der Waals surface area contributed by atoms with Crippen molar-refractivity contribution in [1.29, 1.82) is 0 Å². The van der Waals surface area contributed by atoms with Crippen molar-refractivity contribution in [2.45, 2.75) is 18.7 Å². The molecule has 3 aromatic carbocycles. The van der Waals surface area contributed by atoms with Crippen molar-refractivity contribution in [1.82, 2.24) is 14.9 Å². The number of aromatic nitrogens is 2. The van der Waals surface area contributed by atoms with E-state index in [-0.39, 0.29) is 11.7 Å². The Balaban J connectivity index is 1.73. The summed E-state index contributed by atoms with van der Waals surface area (Å²) in [6, 6.07) is 17.9. The molecule has 2 unspecified atom stereocenters. The predicted octanol–water partition coefficient (Wildman–Crippen LogP) is 4.11. The Kier molecular flexibility index (Phi) is 3.79. The van der Waals surface area contributed by atoms with E-state index in [0.717, 1.165) is 11.0 Å². The molecule has 29 heavy (non-hydrogen) atoms. The van der Waals surface area contributed by atoms with Crippen LogP contribution < -0.4 is 0 Å². The number of rotatable bonds is 3. The molecule has 0 aliphatic carbocycles. The molecule has 144 valence electrons. The normalized spacial score (nSPS) is 19.6. The van der Waals surface area contributed by atoms with Gasteiger partial charge in [-0.2, -0.15) is 0 Å². The highest BCUT2D eigenvalue weighted by molar-refractivity contribution is 6.00. The van der Waals surface area contributed by atoms with Crippen molar-refractivity contribution < 1.29 is 14.3 Å². The van der Waals surface area contributed by atoms with Gasteiger partial charge in [-0.05, 0) is 42.8 Å². The third kappa shape index (κ3) is 2.49. The maximum atomic E-state index is 13.9. The molecular weight excluding hydrogens is 369 g/mol. The number of fused-ring (bicyclic) bond motifs is 2. The van der Waals surface area contributed by atoms with Gasteiger partial charge in [-0.15, -0.1) is 0 Å². The van der Waals surface area contributed by atoms with Crippen LogP contribution in [0.15, 0.2) is 73.1 Å². The minimum atomic E-state index is -1.70. The molecule has 5 nitrogen and oxygen atoms in total. The third-order valence-corrected chi connectivity index (χ3v) is 5.64. The first-order chi connectivity index (χ1) is 14.0. The lowest BCUT2D eigenvalue weighted by Crippen LogP contribution is -2.46. The summed E-state index contributed by atoms with van der Waals surface area (Å²) in [4.78, 5) is 22.0. The number of carbonyl (C=O) groups excluding carboxylic acids is 1. The van der Waals surface area contributed by atoms with Gasteiger partial charge in [-0.25, -0.2) is 9.37 Å². The lowest BCUT2D eigenvalue weighted by Gasteiger charge is -2.39. The number of halogens is 1. The molecule has 1 aliphatic heterocycles. The van der Waals surface area contributed by atoms with Gasteiger partial charge in [-0.3, -0.25) is 9.69 Å². The number of aliphatic hydroxyl groups is 1. The van der Waals surface area contributed by atoms with E-state index in [2.05, 4.69) is 9.97 Å². The molecule has 0 fully saturated rings. The fourth-order valence-corrected chi connectivity index (χ4v) is 4.20. The predicted molar refractivity (Wildman–Crippen MR) is 107 cm³/mol. The Morgan fingerprint density at radius 3 is 2.76 bits per heavy atom. The molecular formula is C23H18FN3O2. The van der Waals surface area contributed by atoms with Crippen LogP contribution in [0.3, 0.4) is 0 Å². The lowest BCUT2D eigenvalue weighted by molar-refractivity contribution is -0.0677. The summed E-state index contributed by atoms with van der Waals surface area (Å²) in [6.07, 6.45) is 1.58. The Morgan fingerprint density at radius 1 is 1.10 bits per heavy atom. The van der Waals surface area contributed by atoms with Crippen molar-refractivity contribution in [2.24, 2.45) is 0 Å². The number of aromatic amines is 1. The van der Waals surface area contributed by atoms with Gasteiger partial charge in [0.05, 0.1) is 23.4 Å². The van der Waals surface area contributed by atoms with Crippen LogP contribution in [0, 0.1) is 5.82 Å². The Morgan fingerprint density at radius 2 is 1.93 bits per heavy atom. The van der Waals surface area contributed by atoms with E-state index in [0.29, 0.717) is 22.3 Å². The molecule has 2 N–H and O–H groups in total. The molecule has 2 atom stereocenters. The average molecular weight is 387 g/mol. The Hall–Kier alpha value is -3.51. The smallest absolute Gasteiger partial charge is 0.257 e. The molecule has 1 aromatic heterocycles. The van der Waals surface area contributed by atoms with Crippen LogP contribution >= 0.6 is 0 Å². The van der Waals surface area contributed by atoms with Crippen LogP contribution in [-0.4, -0.2) is 25.9 Å². The average Bonchev–Trinajstić information content (AvgIpc) is 3.29. The first kappa shape index (κ1) is 17.6. The van der Waals surface area contributed by atoms with Gasteiger partial charge in [0.2, 0.25) is 0 Å². The van der Waals surface area contributed by atoms with E-state index >= 15 is 0 Å². The van der Waals surface area contributed by atoms with Crippen LogP contribution in [0.2, 0.25) is 0 Å². The molecule has 0 saturated heterocycles. The fraction of sp³-hybridized carbons (Fsp3) is 0.130. The van der Waals surface area contributed by atoms with Gasteiger partial charge < -0.3 is 10.1 Å². The number of hydrogen-bond acceptors (Lipinski definition) is 3. The zero-order valence-electron chi connectivity index (χ0n) is 15.6. The van der Waals surface area contributed by atoms with Gasteiger partial charge in [0.15, 0.2) is 5.72 Å². The monoisotopic (exact) mass is 387 g/mol. The minimum absolute atomic E-state index is 0.301. The van der Waals surface area contributed by atoms with E-state index in [1.165, 1.54) is 17.0 Å². The Bertz CT molecular complexity index is 1250. The number of amides is 1. The van der Waals surface area contributed by atoms with E-state index in [1.54, 1.807) is 67.8 Å². The lowest BCUT2D eigenvalue weighted by atomic mass is 9.92. The van der Waals surface area contributed by atoms with Crippen LogP contribution in [0.4, 0.5) is 4.39 Å². The van der Waals surface area contributed by atoms with Crippen molar-refractivity contribution in [3.63, 3.8) is 0 Å². The van der Waals surface area contributed by atoms with Gasteiger partial charge >= 0.3 is 0 Å². The molecule has 6 heteroatoms. The molecule has 0 bridgehead atoms. The van der Waals surface area contributed by atoms with Crippen LogP contribution in [0.5, 0.6) is 0 Å². The van der Waals surface area contributed by atoms with Crippen molar-refractivity contribution in [3.05, 3.63) is 101 Å². The number of H-pyrrole nitrogens is 1. The highest BCUT2D eigenvalue weighted by Crippen LogP contribution is 2.46. The third-order valence-electron chi connectivity index (χ3n) is 5.64. The van der Waals surface area contributed by atoms with Crippen LogP contribution in [0.25, 0.3) is 11.0 Å². The molecule has 0 radical (unpaired) electrons. The van der Waals surface area contributed by atoms with Crippen molar-refractivity contribution in [3.8, 4) is 0 Å². The maximum absolute atomic E-state index is 13.9. The van der Waals surface area contributed by atoms with Gasteiger partial charge in [-0.1, -0.05) is 36.4 Å². The summed E-state index contributed by atoms with van der Waals surface area (Å²) in [6.45, 7) is 1.79. The molecule has 2 heterocycles. The van der Waals surface area contributed by atoms with Gasteiger partial charge in [0.1, 0.15) is 5.82 Å². The summed E-state index contributed by atoms with van der Waals surface area (Å²) in [5, 5.41) is 12.0. The molecule has 4 aromatic rings. The van der Waals surface area contributed by atoms with Gasteiger partial charge in [0.25, 0.3) is 5.91 Å². The number of nitrogens with zero attached hydrogens (tertiary/aromatic N) is 2. The summed E-state index contributed by atoms with van der Waals surface area (Å²) in [5.41, 5.74) is 1.91. The number of imidazole rings is 1. The van der Waals surface area contributed by atoms with E-state index in [1.807, 2.05) is 0 Å². The molecule has 0 saturated carbocycles. The zero-order chi connectivity index (χ0) is 20.2. The maximum Gasteiger partial charge on any atom is 0.257 e. The SMILES string of the molecule is CC(c1cccc(F)c1)N1C(=O)c2ccccc2C1(O)c1ccc2nc[nH]c2c1. The topological polar surface area (TPSA) is 69.2 Å². The summed E-state index contributed by atoms with van der Waals surface area (Å²) >= 11 is 0. The standard InChI is InChI=1S/C23H18FN3O2/c1-14(15-5-4-6-17(24)11-15)27-22(28)18-7-2-3-8-19(18)23(27,29)16-9-10-20-21(12-16)26-13-25-20/h2-14,29H,1H3,(H,25,26). The largest absolute Gasteiger partial charge is 0.363 e. The minimum Gasteiger partial charge on any atom is -0.363 e. The van der Waals surface area contributed by atoms with E-state index in [4.69, 9.17) is 0 Å². The highest BCUT2D eigenvalue weighted by atomic mass is 19.1. The van der Waals surface area contributed by atoms with Crippen molar-refractivity contribution in [2.75, 3.05) is 0 Å². The number of carbonyl (C=O) groups is 1. The number of nitrogens with one attached hydrogen (secondary N) is 1. The van der Waals surface area contributed by atoms with Crippen LogP contribution in [-0.2, 0) is 5.72 Å². The van der Waals surface area contributed by atoms with Crippen molar-refractivity contribution >= 4 is 16.9 Å². The summed E-state index contributed by atoms with van der Waals surface area (Å²) in [7, 11) is 0. The summed E-state index contributed by atoms with van der Waals surface area (Å²) < 4.78 is 13.9. The van der Waals surface area contributed by atoms with Gasteiger partial charge in [0, 0.05) is 16.7 Å². The number of hydrogen-bond donors (Lipinski definition) is 2. The zero-order valence-corrected chi connectivity index (χ0v) is 15.6. The second kappa shape index (κ2) is 6.25. The fourth-order valence-electron chi connectivity index (χ4n) is 4.20. The molecule has 0 spiro atoms. The van der Waals surface area contributed by atoms with E-state index in [9.17, 15) is 14.3 Å². The molecule has 5 rings (SSSR count). The van der Waals surface area contributed by atoms with E-state index < -0.39 is 11.8 Å².